The minimum atomic E-state index is -0.509. The molecule has 0 atom stereocenters. The monoisotopic (exact) mass is 364 g/mol. The Balaban J connectivity index is 1.65. The van der Waals surface area contributed by atoms with Crippen molar-refractivity contribution >= 4 is 11.8 Å². The Morgan fingerprint density at radius 1 is 0.926 bits per heavy atom. The van der Waals surface area contributed by atoms with Gasteiger partial charge in [0, 0.05) is 12.1 Å². The number of primary amides is 1. The van der Waals surface area contributed by atoms with Crippen LogP contribution in [0, 0.1) is 0 Å². The summed E-state index contributed by atoms with van der Waals surface area (Å²) in [7, 11) is 0. The molecule has 0 saturated heterocycles. The van der Waals surface area contributed by atoms with E-state index >= 15 is 0 Å². The third-order valence-electron chi connectivity index (χ3n) is 4.00. The van der Waals surface area contributed by atoms with Gasteiger partial charge in [-0.1, -0.05) is 30.3 Å². The second-order valence-electron chi connectivity index (χ2n) is 5.99. The molecular weight excluding hydrogens is 344 g/mol. The molecule has 138 valence electrons. The molecule has 0 radical (unpaired) electrons. The zero-order valence-electron chi connectivity index (χ0n) is 14.7. The van der Waals surface area contributed by atoms with Crippen molar-refractivity contribution in [2.24, 2.45) is 5.73 Å². The number of rotatable bonds is 8. The molecule has 1 heterocycles. The maximum atomic E-state index is 12.7. The fraction of sp³-hybridized carbons (Fsp3) is 0.143. The van der Waals surface area contributed by atoms with E-state index in [1.807, 2.05) is 36.4 Å². The van der Waals surface area contributed by atoms with Crippen LogP contribution in [0.15, 0.2) is 77.4 Å². The number of benzene rings is 2. The SMILES string of the molecule is NC(=O)c1ccc(OCC(=O)N(Cc2ccccc2)Cc2ccco2)cc1. The van der Waals surface area contributed by atoms with E-state index in [4.69, 9.17) is 14.9 Å². The van der Waals surface area contributed by atoms with E-state index in [-0.39, 0.29) is 12.5 Å². The summed E-state index contributed by atoms with van der Waals surface area (Å²) < 4.78 is 10.9. The average Bonchev–Trinajstić information content (AvgIpc) is 3.20. The first-order valence-corrected chi connectivity index (χ1v) is 8.48. The van der Waals surface area contributed by atoms with Crippen molar-refractivity contribution < 1.29 is 18.7 Å². The van der Waals surface area contributed by atoms with Gasteiger partial charge in [0.1, 0.15) is 11.5 Å². The normalized spacial score (nSPS) is 10.4. The summed E-state index contributed by atoms with van der Waals surface area (Å²) >= 11 is 0. The summed E-state index contributed by atoms with van der Waals surface area (Å²) in [5.41, 5.74) is 6.62. The highest BCUT2D eigenvalue weighted by Crippen LogP contribution is 2.14. The van der Waals surface area contributed by atoms with Crippen molar-refractivity contribution in [1.29, 1.82) is 0 Å². The number of nitrogens with zero attached hydrogens (tertiary/aromatic N) is 1. The average molecular weight is 364 g/mol. The van der Waals surface area contributed by atoms with E-state index in [0.29, 0.717) is 30.2 Å². The van der Waals surface area contributed by atoms with Crippen LogP contribution in [0.1, 0.15) is 21.7 Å². The van der Waals surface area contributed by atoms with E-state index in [1.54, 1.807) is 41.5 Å². The lowest BCUT2D eigenvalue weighted by molar-refractivity contribution is -0.134. The first-order valence-electron chi connectivity index (χ1n) is 8.48. The van der Waals surface area contributed by atoms with Crippen LogP contribution in [0.3, 0.4) is 0 Å². The third-order valence-corrected chi connectivity index (χ3v) is 4.00. The van der Waals surface area contributed by atoms with Crippen LogP contribution in [0.2, 0.25) is 0 Å². The quantitative estimate of drug-likeness (QED) is 0.666. The van der Waals surface area contributed by atoms with Gasteiger partial charge in [0.05, 0.1) is 12.8 Å². The molecule has 1 aromatic heterocycles. The number of carbonyl (C=O) groups is 2. The first-order chi connectivity index (χ1) is 13.1. The van der Waals surface area contributed by atoms with Crippen LogP contribution >= 0.6 is 0 Å². The second-order valence-corrected chi connectivity index (χ2v) is 5.99. The fourth-order valence-electron chi connectivity index (χ4n) is 2.58. The van der Waals surface area contributed by atoms with E-state index < -0.39 is 5.91 Å². The fourth-order valence-corrected chi connectivity index (χ4v) is 2.58. The molecule has 2 aromatic carbocycles. The Morgan fingerprint density at radius 3 is 2.30 bits per heavy atom. The van der Waals surface area contributed by atoms with Crippen molar-refractivity contribution in [2.75, 3.05) is 6.61 Å². The summed E-state index contributed by atoms with van der Waals surface area (Å²) in [5.74, 6) is 0.510. The molecule has 0 saturated carbocycles. The first kappa shape index (κ1) is 18.3. The van der Waals surface area contributed by atoms with Gasteiger partial charge in [-0.25, -0.2) is 0 Å². The minimum Gasteiger partial charge on any atom is -0.484 e. The van der Waals surface area contributed by atoms with Crippen LogP contribution in [0.4, 0.5) is 0 Å². The van der Waals surface area contributed by atoms with Gasteiger partial charge in [-0.2, -0.15) is 0 Å². The van der Waals surface area contributed by atoms with Crippen LogP contribution in [-0.4, -0.2) is 23.3 Å². The molecule has 0 spiro atoms. The molecule has 6 nitrogen and oxygen atoms in total. The molecule has 0 unspecified atom stereocenters. The lowest BCUT2D eigenvalue weighted by Crippen LogP contribution is -2.34. The lowest BCUT2D eigenvalue weighted by Gasteiger charge is -2.22. The zero-order valence-corrected chi connectivity index (χ0v) is 14.7. The van der Waals surface area contributed by atoms with E-state index in [9.17, 15) is 9.59 Å². The Bertz CT molecular complexity index is 874. The minimum absolute atomic E-state index is 0.122. The number of ether oxygens (including phenoxy) is 1. The molecule has 0 aliphatic carbocycles. The van der Waals surface area contributed by atoms with Crippen molar-refractivity contribution in [3.05, 3.63) is 89.9 Å². The molecule has 6 heteroatoms. The smallest absolute Gasteiger partial charge is 0.261 e. The Hall–Kier alpha value is -3.54. The summed E-state index contributed by atoms with van der Waals surface area (Å²) in [5, 5.41) is 0. The highest BCUT2D eigenvalue weighted by molar-refractivity contribution is 5.92. The summed E-state index contributed by atoms with van der Waals surface area (Å²) in [6.45, 7) is 0.679. The van der Waals surface area contributed by atoms with Crippen molar-refractivity contribution in [3.8, 4) is 5.75 Å². The molecule has 0 bridgehead atoms. The molecule has 2 N–H and O–H groups in total. The van der Waals surface area contributed by atoms with Gasteiger partial charge in [0.2, 0.25) is 5.91 Å². The van der Waals surface area contributed by atoms with Gasteiger partial charge in [0.15, 0.2) is 6.61 Å². The highest BCUT2D eigenvalue weighted by Gasteiger charge is 2.17. The maximum absolute atomic E-state index is 12.7. The lowest BCUT2D eigenvalue weighted by atomic mass is 10.2. The second kappa shape index (κ2) is 8.71. The predicted octanol–water partition coefficient (Wildman–Crippen LogP) is 2.99. The molecule has 0 aliphatic heterocycles. The number of hydrogen-bond donors (Lipinski definition) is 1. The molecule has 3 aromatic rings. The largest absolute Gasteiger partial charge is 0.484 e. The maximum Gasteiger partial charge on any atom is 0.261 e. The molecule has 2 amide bonds. The van der Waals surface area contributed by atoms with E-state index in [1.165, 1.54) is 0 Å². The summed E-state index contributed by atoms with van der Waals surface area (Å²) in [6, 6.07) is 19.7. The van der Waals surface area contributed by atoms with Crippen molar-refractivity contribution in [1.82, 2.24) is 4.90 Å². The van der Waals surface area contributed by atoms with Gasteiger partial charge in [0.25, 0.3) is 5.91 Å². The standard InChI is InChI=1S/C21H20N2O4/c22-21(25)17-8-10-18(11-9-17)27-15-20(24)23(14-19-7-4-12-26-19)13-16-5-2-1-3-6-16/h1-12H,13-15H2,(H2,22,25). The Labute approximate surface area is 157 Å². The number of nitrogens with two attached hydrogens (primary N) is 1. The molecule has 3 rings (SSSR count). The predicted molar refractivity (Wildman–Crippen MR) is 99.9 cm³/mol. The van der Waals surface area contributed by atoms with Crippen molar-refractivity contribution in [2.45, 2.75) is 13.1 Å². The van der Waals surface area contributed by atoms with Gasteiger partial charge in [-0.05, 0) is 42.0 Å². The van der Waals surface area contributed by atoms with E-state index in [2.05, 4.69) is 0 Å². The molecular formula is C21H20N2O4. The number of hydrogen-bond acceptors (Lipinski definition) is 4. The Kier molecular flexibility index (Phi) is 5.89. The molecule has 0 aliphatic rings. The van der Waals surface area contributed by atoms with Gasteiger partial charge >= 0.3 is 0 Å². The zero-order chi connectivity index (χ0) is 19.1. The number of furan rings is 1. The van der Waals surface area contributed by atoms with Crippen LogP contribution < -0.4 is 10.5 Å². The third kappa shape index (κ3) is 5.22. The number of amides is 2. The van der Waals surface area contributed by atoms with Crippen molar-refractivity contribution in [3.63, 3.8) is 0 Å². The Morgan fingerprint density at radius 2 is 1.67 bits per heavy atom. The summed E-state index contributed by atoms with van der Waals surface area (Å²) in [4.78, 5) is 25.5. The van der Waals surface area contributed by atoms with Crippen LogP contribution in [-0.2, 0) is 17.9 Å². The molecule has 0 fully saturated rings. The van der Waals surface area contributed by atoms with Crippen LogP contribution in [0.25, 0.3) is 0 Å². The van der Waals surface area contributed by atoms with Gasteiger partial charge in [-0.3, -0.25) is 9.59 Å². The van der Waals surface area contributed by atoms with E-state index in [0.717, 1.165) is 5.56 Å². The molecule has 27 heavy (non-hydrogen) atoms. The van der Waals surface area contributed by atoms with Gasteiger partial charge < -0.3 is 19.8 Å². The van der Waals surface area contributed by atoms with Gasteiger partial charge in [-0.15, -0.1) is 0 Å². The topological polar surface area (TPSA) is 85.8 Å². The van der Waals surface area contributed by atoms with Crippen LogP contribution in [0.5, 0.6) is 5.75 Å². The summed E-state index contributed by atoms with van der Waals surface area (Å²) in [6.07, 6.45) is 1.58. The highest BCUT2D eigenvalue weighted by atomic mass is 16.5. The number of carbonyl (C=O) groups excluding carboxylic acids is 2.